The fraction of sp³-hybridized carbons (Fsp3) is 0.316. The van der Waals surface area contributed by atoms with Crippen molar-refractivity contribution >= 4 is 17.0 Å². The van der Waals surface area contributed by atoms with E-state index in [0.717, 1.165) is 6.42 Å². The molecule has 7 heteroatoms. The molecule has 2 N–H and O–H groups in total. The summed E-state index contributed by atoms with van der Waals surface area (Å²) in [7, 11) is 0. The van der Waals surface area contributed by atoms with Gasteiger partial charge in [0.2, 0.25) is 0 Å². The Hall–Kier alpha value is -3.09. The van der Waals surface area contributed by atoms with Crippen molar-refractivity contribution in [3.8, 4) is 17.2 Å². The van der Waals surface area contributed by atoms with Gasteiger partial charge in [0.1, 0.15) is 28.2 Å². The number of rotatable bonds is 6. The van der Waals surface area contributed by atoms with Gasteiger partial charge < -0.3 is 14.9 Å². The summed E-state index contributed by atoms with van der Waals surface area (Å²) in [5, 5.41) is 28.6. The molecule has 0 spiro atoms. The Labute approximate surface area is 150 Å². The third-order valence-electron chi connectivity index (χ3n) is 4.54. The molecule has 0 atom stereocenters. The number of fused-ring (bicyclic) bond motifs is 1. The second-order valence-electron chi connectivity index (χ2n) is 6.74. The normalized spacial score (nSPS) is 11.7. The number of aromatic hydroxyl groups is 1. The molecule has 0 saturated carbocycles. The Morgan fingerprint density at radius 1 is 1.19 bits per heavy atom. The van der Waals surface area contributed by atoms with Crippen molar-refractivity contribution in [3.63, 3.8) is 0 Å². The smallest absolute Gasteiger partial charge is 0.341 e. The Bertz CT molecular complexity index is 930. The number of phenols is 1. The second-order valence-corrected chi connectivity index (χ2v) is 6.74. The number of phenolic OH excluding ortho intramolecular Hbond substituents is 1. The number of aromatic nitrogens is 3. The number of carbonyl (C=O) groups is 1. The van der Waals surface area contributed by atoms with E-state index in [2.05, 4.69) is 10.2 Å². The topological polar surface area (TPSA) is 97.5 Å². The molecule has 0 fully saturated rings. The zero-order valence-electron chi connectivity index (χ0n) is 14.9. The predicted octanol–water partition coefficient (Wildman–Crippen LogP) is 3.28. The molecule has 7 nitrogen and oxygen atoms in total. The van der Waals surface area contributed by atoms with Crippen LogP contribution in [0.1, 0.15) is 32.8 Å². The van der Waals surface area contributed by atoms with E-state index in [0.29, 0.717) is 28.0 Å². The maximum atomic E-state index is 10.9. The van der Waals surface area contributed by atoms with Gasteiger partial charge in [-0.05, 0) is 30.0 Å². The van der Waals surface area contributed by atoms with Crippen molar-refractivity contribution < 1.29 is 19.7 Å². The number of ether oxygens (including phenoxy) is 1. The fourth-order valence-electron chi connectivity index (χ4n) is 2.65. The summed E-state index contributed by atoms with van der Waals surface area (Å²) in [6.45, 7) is 5.55. The van der Waals surface area contributed by atoms with Crippen molar-refractivity contribution in [2.75, 3.05) is 6.61 Å². The largest absolute Gasteiger partial charge is 0.505 e. The van der Waals surface area contributed by atoms with Crippen LogP contribution in [0.5, 0.6) is 11.5 Å². The quantitative estimate of drug-likeness (QED) is 0.704. The molecule has 26 heavy (non-hydrogen) atoms. The van der Waals surface area contributed by atoms with E-state index in [1.165, 1.54) is 4.80 Å². The number of nitrogens with zero attached hydrogens (tertiary/aromatic N) is 3. The van der Waals surface area contributed by atoms with Crippen LogP contribution in [0.15, 0.2) is 36.4 Å². The summed E-state index contributed by atoms with van der Waals surface area (Å²) in [5.41, 5.74) is 2.05. The molecule has 0 saturated heterocycles. The van der Waals surface area contributed by atoms with Gasteiger partial charge in [0, 0.05) is 11.6 Å². The van der Waals surface area contributed by atoms with Crippen molar-refractivity contribution in [2.24, 2.45) is 0 Å². The van der Waals surface area contributed by atoms with E-state index in [1.807, 2.05) is 45.0 Å². The van der Waals surface area contributed by atoms with Crippen LogP contribution in [-0.4, -0.2) is 37.8 Å². The highest BCUT2D eigenvalue weighted by molar-refractivity contribution is 5.74. The molecule has 0 bridgehead atoms. The van der Waals surface area contributed by atoms with E-state index in [4.69, 9.17) is 9.84 Å². The van der Waals surface area contributed by atoms with Crippen LogP contribution in [0.25, 0.3) is 16.7 Å². The van der Waals surface area contributed by atoms with Gasteiger partial charge in [0.05, 0.1) is 0 Å². The molecular weight excluding hydrogens is 334 g/mol. The number of carboxylic acid groups (broad SMARTS) is 1. The minimum atomic E-state index is -1.07. The highest BCUT2D eigenvalue weighted by Crippen LogP contribution is 2.40. The van der Waals surface area contributed by atoms with E-state index >= 15 is 0 Å². The third-order valence-corrected chi connectivity index (χ3v) is 4.54. The van der Waals surface area contributed by atoms with Gasteiger partial charge in [0.15, 0.2) is 6.61 Å². The lowest BCUT2D eigenvalue weighted by Crippen LogP contribution is -2.18. The first-order valence-electron chi connectivity index (χ1n) is 8.36. The zero-order valence-corrected chi connectivity index (χ0v) is 14.9. The Balaban J connectivity index is 2.17. The maximum absolute atomic E-state index is 10.9. The molecule has 0 unspecified atom stereocenters. The summed E-state index contributed by atoms with van der Waals surface area (Å²) >= 11 is 0. The van der Waals surface area contributed by atoms with Crippen molar-refractivity contribution in [3.05, 3.63) is 42.0 Å². The van der Waals surface area contributed by atoms with Crippen molar-refractivity contribution in [2.45, 2.75) is 32.6 Å². The molecule has 0 radical (unpaired) electrons. The van der Waals surface area contributed by atoms with E-state index < -0.39 is 12.6 Å². The molecule has 3 aromatic rings. The van der Waals surface area contributed by atoms with E-state index in [-0.39, 0.29) is 11.2 Å². The van der Waals surface area contributed by atoms with Crippen LogP contribution in [0.4, 0.5) is 0 Å². The first kappa shape index (κ1) is 17.7. The number of carboxylic acids is 1. The highest BCUT2D eigenvalue weighted by atomic mass is 16.5. The molecule has 1 heterocycles. The SMILES string of the molecule is CCC(C)(C)c1cc(OCC(=O)O)cc(-n2nc3ccccc3n2)c1O. The molecule has 0 aliphatic carbocycles. The Morgan fingerprint density at radius 2 is 1.81 bits per heavy atom. The molecule has 2 aromatic carbocycles. The monoisotopic (exact) mass is 355 g/mol. The maximum Gasteiger partial charge on any atom is 0.341 e. The number of hydrogen-bond acceptors (Lipinski definition) is 5. The second kappa shape index (κ2) is 6.67. The number of hydrogen-bond donors (Lipinski definition) is 2. The van der Waals surface area contributed by atoms with Crippen molar-refractivity contribution in [1.82, 2.24) is 15.0 Å². The van der Waals surface area contributed by atoms with Crippen LogP contribution < -0.4 is 4.74 Å². The molecule has 0 amide bonds. The summed E-state index contributed by atoms with van der Waals surface area (Å²) in [4.78, 5) is 12.2. The molecular formula is C19H21N3O4. The molecule has 3 rings (SSSR count). The van der Waals surface area contributed by atoms with Gasteiger partial charge in [-0.15, -0.1) is 15.0 Å². The van der Waals surface area contributed by atoms with Gasteiger partial charge in [-0.25, -0.2) is 4.79 Å². The van der Waals surface area contributed by atoms with E-state index in [9.17, 15) is 9.90 Å². The van der Waals surface area contributed by atoms with Crippen LogP contribution in [0.3, 0.4) is 0 Å². The summed E-state index contributed by atoms with van der Waals surface area (Å²) in [6.07, 6.45) is 0.775. The molecule has 1 aromatic heterocycles. The van der Waals surface area contributed by atoms with Gasteiger partial charge in [-0.1, -0.05) is 32.9 Å². The standard InChI is InChI=1S/C19H21N3O4/c1-4-19(2,3)13-9-12(26-11-17(23)24)10-16(18(13)25)22-20-14-7-5-6-8-15(14)21-22/h5-10,25H,4,11H2,1-3H3,(H,23,24). The van der Waals surface area contributed by atoms with Gasteiger partial charge >= 0.3 is 5.97 Å². The first-order valence-corrected chi connectivity index (χ1v) is 8.36. The number of aliphatic carboxylic acids is 1. The Morgan fingerprint density at radius 3 is 2.35 bits per heavy atom. The minimum Gasteiger partial charge on any atom is -0.505 e. The fourth-order valence-corrected chi connectivity index (χ4v) is 2.65. The van der Waals surface area contributed by atoms with Crippen LogP contribution in [0.2, 0.25) is 0 Å². The molecule has 0 aliphatic rings. The zero-order chi connectivity index (χ0) is 18.9. The van der Waals surface area contributed by atoms with Crippen molar-refractivity contribution in [1.29, 1.82) is 0 Å². The highest BCUT2D eigenvalue weighted by Gasteiger charge is 2.26. The van der Waals surface area contributed by atoms with Crippen LogP contribution >= 0.6 is 0 Å². The summed E-state index contributed by atoms with van der Waals surface area (Å²) in [5.74, 6) is -0.670. The van der Waals surface area contributed by atoms with Crippen LogP contribution in [-0.2, 0) is 10.2 Å². The van der Waals surface area contributed by atoms with Gasteiger partial charge in [-0.3, -0.25) is 0 Å². The van der Waals surface area contributed by atoms with Gasteiger partial charge in [-0.2, -0.15) is 0 Å². The molecule has 0 aliphatic heterocycles. The summed E-state index contributed by atoms with van der Waals surface area (Å²) in [6, 6.07) is 10.6. The summed E-state index contributed by atoms with van der Waals surface area (Å²) < 4.78 is 5.36. The average molecular weight is 355 g/mol. The first-order chi connectivity index (χ1) is 12.3. The third kappa shape index (κ3) is 3.33. The lowest BCUT2D eigenvalue weighted by Gasteiger charge is -2.26. The average Bonchev–Trinajstić information content (AvgIpc) is 3.04. The Kier molecular flexibility index (Phi) is 4.54. The lowest BCUT2D eigenvalue weighted by molar-refractivity contribution is -0.139. The minimum absolute atomic E-state index is 0.0554. The molecule has 136 valence electrons. The van der Waals surface area contributed by atoms with E-state index in [1.54, 1.807) is 12.1 Å². The lowest BCUT2D eigenvalue weighted by atomic mass is 9.81. The van der Waals surface area contributed by atoms with Crippen LogP contribution in [0, 0.1) is 0 Å². The van der Waals surface area contributed by atoms with Gasteiger partial charge in [0.25, 0.3) is 0 Å². The predicted molar refractivity (Wildman–Crippen MR) is 97.0 cm³/mol. The number of benzene rings is 2.